The Hall–Kier alpha value is -1.52. The van der Waals surface area contributed by atoms with Gasteiger partial charge in [0.2, 0.25) is 11.8 Å². The molecule has 0 spiro atoms. The zero-order valence-corrected chi connectivity index (χ0v) is 13.1. The molecule has 1 N–H and O–H groups in total. The van der Waals surface area contributed by atoms with E-state index in [1.165, 1.54) is 6.08 Å². The van der Waals surface area contributed by atoms with Crippen molar-refractivity contribution >= 4 is 41.1 Å². The number of nitrogens with zero attached hydrogens (tertiary/aromatic N) is 1. The summed E-state index contributed by atoms with van der Waals surface area (Å²) in [5.74, 6) is -0.325. The molecule has 6 heteroatoms. The first kappa shape index (κ1) is 15.9. The van der Waals surface area contributed by atoms with Gasteiger partial charge in [0, 0.05) is 34.8 Å². The SMILES string of the molecule is CCC1C(=O)NCCN1C(=O)C=Cc1c(Cl)cccc1Cl. The summed E-state index contributed by atoms with van der Waals surface area (Å²) in [5, 5.41) is 3.72. The topological polar surface area (TPSA) is 49.4 Å². The Kier molecular flexibility index (Phi) is 5.26. The summed E-state index contributed by atoms with van der Waals surface area (Å²) in [6.45, 7) is 2.86. The van der Waals surface area contributed by atoms with Crippen LogP contribution in [-0.2, 0) is 9.59 Å². The molecule has 1 aromatic rings. The van der Waals surface area contributed by atoms with Crippen LogP contribution in [0.4, 0.5) is 0 Å². The van der Waals surface area contributed by atoms with E-state index in [2.05, 4.69) is 5.32 Å². The monoisotopic (exact) mass is 326 g/mol. The minimum absolute atomic E-state index is 0.110. The van der Waals surface area contributed by atoms with Gasteiger partial charge in [0.05, 0.1) is 0 Å². The molecule has 2 amide bonds. The maximum atomic E-state index is 12.3. The predicted octanol–water partition coefficient (Wildman–Crippen LogP) is 2.74. The third kappa shape index (κ3) is 3.57. The second-order valence-corrected chi connectivity index (χ2v) is 5.53. The molecule has 1 aromatic carbocycles. The van der Waals surface area contributed by atoms with Crippen LogP contribution in [0.15, 0.2) is 24.3 Å². The third-order valence-corrected chi connectivity index (χ3v) is 4.05. The van der Waals surface area contributed by atoms with Crippen molar-refractivity contribution in [3.05, 3.63) is 39.9 Å². The van der Waals surface area contributed by atoms with Gasteiger partial charge in [-0.2, -0.15) is 0 Å². The Morgan fingerprint density at radius 2 is 2.10 bits per heavy atom. The quantitative estimate of drug-likeness (QED) is 0.868. The van der Waals surface area contributed by atoms with Crippen LogP contribution in [0, 0.1) is 0 Å². The second-order valence-electron chi connectivity index (χ2n) is 4.72. The molecule has 112 valence electrons. The minimum atomic E-state index is -0.419. The summed E-state index contributed by atoms with van der Waals surface area (Å²) in [6, 6.07) is 4.74. The molecule has 0 bridgehead atoms. The fourth-order valence-corrected chi connectivity index (χ4v) is 2.83. The Morgan fingerprint density at radius 3 is 2.71 bits per heavy atom. The van der Waals surface area contributed by atoms with E-state index in [0.29, 0.717) is 35.1 Å². The Labute approximate surface area is 133 Å². The zero-order chi connectivity index (χ0) is 15.4. The van der Waals surface area contributed by atoms with Crippen molar-refractivity contribution in [2.24, 2.45) is 0 Å². The van der Waals surface area contributed by atoms with Gasteiger partial charge in [-0.05, 0) is 24.6 Å². The lowest BCUT2D eigenvalue weighted by atomic mass is 10.1. The highest BCUT2D eigenvalue weighted by molar-refractivity contribution is 6.37. The summed E-state index contributed by atoms with van der Waals surface area (Å²) in [7, 11) is 0. The van der Waals surface area contributed by atoms with Crippen LogP contribution in [0.25, 0.3) is 6.08 Å². The van der Waals surface area contributed by atoms with E-state index in [-0.39, 0.29) is 11.8 Å². The summed E-state index contributed by atoms with van der Waals surface area (Å²) in [6.07, 6.45) is 3.58. The minimum Gasteiger partial charge on any atom is -0.353 e. The summed E-state index contributed by atoms with van der Waals surface area (Å²) >= 11 is 12.1. The highest BCUT2D eigenvalue weighted by Crippen LogP contribution is 2.25. The number of halogens is 2. The molecule has 0 saturated carbocycles. The number of hydrogen-bond donors (Lipinski definition) is 1. The normalized spacial score (nSPS) is 18.9. The molecule has 0 radical (unpaired) electrons. The van der Waals surface area contributed by atoms with Crippen LogP contribution in [0.5, 0.6) is 0 Å². The Bertz CT molecular complexity index is 567. The first-order valence-corrected chi connectivity index (χ1v) is 7.50. The summed E-state index contributed by atoms with van der Waals surface area (Å²) in [5.41, 5.74) is 0.601. The molecule has 1 saturated heterocycles. The van der Waals surface area contributed by atoms with Gasteiger partial charge < -0.3 is 10.2 Å². The third-order valence-electron chi connectivity index (χ3n) is 3.39. The molecule has 0 aliphatic carbocycles. The molecule has 0 aromatic heterocycles. The van der Waals surface area contributed by atoms with Crippen molar-refractivity contribution in [2.45, 2.75) is 19.4 Å². The van der Waals surface area contributed by atoms with E-state index >= 15 is 0 Å². The highest BCUT2D eigenvalue weighted by Gasteiger charge is 2.30. The predicted molar refractivity (Wildman–Crippen MR) is 84.3 cm³/mol. The van der Waals surface area contributed by atoms with Crippen molar-refractivity contribution in [3.8, 4) is 0 Å². The molecule has 1 unspecified atom stereocenters. The number of hydrogen-bond acceptors (Lipinski definition) is 2. The fraction of sp³-hybridized carbons (Fsp3) is 0.333. The number of carbonyl (C=O) groups excluding carboxylic acids is 2. The molecule has 1 atom stereocenters. The maximum Gasteiger partial charge on any atom is 0.247 e. The van der Waals surface area contributed by atoms with Crippen LogP contribution in [0.1, 0.15) is 18.9 Å². The second kappa shape index (κ2) is 6.96. The van der Waals surface area contributed by atoms with Gasteiger partial charge in [-0.1, -0.05) is 36.2 Å². The molecule has 1 aliphatic heterocycles. The standard InChI is InChI=1S/C15H16Cl2N2O2/c1-2-13-15(21)18-8-9-19(13)14(20)7-6-10-11(16)4-3-5-12(10)17/h3-7,13H,2,8-9H2,1H3,(H,18,21). The van der Waals surface area contributed by atoms with E-state index in [4.69, 9.17) is 23.2 Å². The molecule has 21 heavy (non-hydrogen) atoms. The number of rotatable bonds is 3. The number of carbonyl (C=O) groups is 2. The van der Waals surface area contributed by atoms with E-state index < -0.39 is 6.04 Å². The van der Waals surface area contributed by atoms with E-state index in [0.717, 1.165) is 0 Å². The lowest BCUT2D eigenvalue weighted by molar-refractivity contribution is -0.140. The van der Waals surface area contributed by atoms with Crippen LogP contribution in [0.2, 0.25) is 10.0 Å². The molecule has 1 aliphatic rings. The molecule has 4 nitrogen and oxygen atoms in total. The number of piperazine rings is 1. The van der Waals surface area contributed by atoms with E-state index in [9.17, 15) is 9.59 Å². The van der Waals surface area contributed by atoms with Gasteiger partial charge in [0.15, 0.2) is 0 Å². The molecule has 1 fully saturated rings. The largest absolute Gasteiger partial charge is 0.353 e. The van der Waals surface area contributed by atoms with Crippen LogP contribution < -0.4 is 5.32 Å². The zero-order valence-electron chi connectivity index (χ0n) is 11.6. The van der Waals surface area contributed by atoms with Crippen LogP contribution >= 0.6 is 23.2 Å². The van der Waals surface area contributed by atoms with Crippen molar-refractivity contribution in [2.75, 3.05) is 13.1 Å². The average Bonchev–Trinajstić information content (AvgIpc) is 2.46. The summed E-state index contributed by atoms with van der Waals surface area (Å²) < 4.78 is 0. The highest BCUT2D eigenvalue weighted by atomic mass is 35.5. The van der Waals surface area contributed by atoms with E-state index in [1.807, 2.05) is 6.92 Å². The molecule has 2 rings (SSSR count). The molecular weight excluding hydrogens is 311 g/mol. The Morgan fingerprint density at radius 1 is 1.43 bits per heavy atom. The number of benzene rings is 1. The number of amides is 2. The number of nitrogens with one attached hydrogen (secondary N) is 1. The average molecular weight is 327 g/mol. The lowest BCUT2D eigenvalue weighted by Gasteiger charge is -2.33. The van der Waals surface area contributed by atoms with Crippen LogP contribution in [-0.4, -0.2) is 35.8 Å². The van der Waals surface area contributed by atoms with Crippen molar-refractivity contribution in [1.82, 2.24) is 10.2 Å². The first-order chi connectivity index (χ1) is 10.0. The van der Waals surface area contributed by atoms with Crippen molar-refractivity contribution in [3.63, 3.8) is 0 Å². The summed E-state index contributed by atoms with van der Waals surface area (Å²) in [4.78, 5) is 25.6. The van der Waals surface area contributed by atoms with Gasteiger partial charge in [0.25, 0.3) is 0 Å². The smallest absolute Gasteiger partial charge is 0.247 e. The Balaban J connectivity index is 2.17. The van der Waals surface area contributed by atoms with Gasteiger partial charge in [-0.3, -0.25) is 9.59 Å². The first-order valence-electron chi connectivity index (χ1n) is 6.75. The van der Waals surface area contributed by atoms with Crippen molar-refractivity contribution < 1.29 is 9.59 Å². The fourth-order valence-electron chi connectivity index (χ4n) is 2.30. The van der Waals surface area contributed by atoms with Gasteiger partial charge in [-0.15, -0.1) is 0 Å². The van der Waals surface area contributed by atoms with E-state index in [1.54, 1.807) is 29.2 Å². The van der Waals surface area contributed by atoms with Gasteiger partial charge in [0.1, 0.15) is 6.04 Å². The van der Waals surface area contributed by atoms with Crippen LogP contribution in [0.3, 0.4) is 0 Å². The molecular formula is C15H16Cl2N2O2. The maximum absolute atomic E-state index is 12.3. The molecule has 1 heterocycles. The van der Waals surface area contributed by atoms with Gasteiger partial charge in [-0.25, -0.2) is 0 Å². The van der Waals surface area contributed by atoms with Gasteiger partial charge >= 0.3 is 0 Å². The van der Waals surface area contributed by atoms with Crippen molar-refractivity contribution in [1.29, 1.82) is 0 Å². The lowest BCUT2D eigenvalue weighted by Crippen LogP contribution is -2.56.